The lowest BCUT2D eigenvalue weighted by Crippen LogP contribution is -2.34. The largest absolute Gasteiger partial charge is 0.229 e. The van der Waals surface area contributed by atoms with Gasteiger partial charge in [0.15, 0.2) is 9.84 Å². The van der Waals surface area contributed by atoms with Crippen molar-refractivity contribution in [2.45, 2.75) is 36.8 Å². The third kappa shape index (κ3) is 2.68. The highest BCUT2D eigenvalue weighted by atomic mass is 79.9. The van der Waals surface area contributed by atoms with E-state index in [4.69, 9.17) is 0 Å². The van der Waals surface area contributed by atoms with Gasteiger partial charge in [-0.3, -0.25) is 0 Å². The lowest BCUT2D eigenvalue weighted by molar-refractivity contribution is 0.550. The van der Waals surface area contributed by atoms with Gasteiger partial charge in [0.05, 0.1) is 9.57 Å². The van der Waals surface area contributed by atoms with Crippen molar-refractivity contribution < 1.29 is 8.42 Å². The quantitative estimate of drug-likeness (QED) is 0.793. The second-order valence-electron chi connectivity index (χ2n) is 4.40. The monoisotopic (exact) mass is 324 g/mol. The molecule has 0 aliphatic heterocycles. The van der Waals surface area contributed by atoms with Gasteiger partial charge < -0.3 is 0 Å². The Morgan fingerprint density at radius 1 is 1.44 bits per heavy atom. The van der Waals surface area contributed by atoms with Crippen molar-refractivity contribution in [1.29, 1.82) is 0 Å². The van der Waals surface area contributed by atoms with E-state index >= 15 is 0 Å². The molecule has 5 heteroatoms. The minimum Gasteiger partial charge on any atom is -0.229 e. The van der Waals surface area contributed by atoms with Crippen LogP contribution in [-0.2, 0) is 16.3 Å². The second kappa shape index (κ2) is 4.78. The van der Waals surface area contributed by atoms with E-state index in [1.807, 2.05) is 6.07 Å². The third-order valence-corrected chi connectivity index (χ3v) is 8.53. The van der Waals surface area contributed by atoms with Crippen LogP contribution in [0, 0.1) is 0 Å². The van der Waals surface area contributed by atoms with Crippen molar-refractivity contribution in [2.24, 2.45) is 0 Å². The van der Waals surface area contributed by atoms with E-state index in [1.165, 1.54) is 11.1 Å². The Kier molecular flexibility index (Phi) is 4.24. The number of aryl methyl sites for hydroxylation is 1. The highest BCUT2D eigenvalue weighted by molar-refractivity contribution is 9.09. The number of sulfone groups is 1. The van der Waals surface area contributed by atoms with E-state index < -0.39 is 14.6 Å². The summed E-state index contributed by atoms with van der Waals surface area (Å²) in [5.41, 5.74) is 0. The molecule has 0 saturated heterocycles. The van der Waals surface area contributed by atoms with Crippen LogP contribution >= 0.6 is 27.3 Å². The minimum atomic E-state index is -3.09. The van der Waals surface area contributed by atoms with Crippen molar-refractivity contribution in [2.75, 3.05) is 6.26 Å². The van der Waals surface area contributed by atoms with Gasteiger partial charge in [-0.05, 0) is 32.4 Å². The number of alkyl halides is 1. The SMILES string of the molecule is CCc1ccc(C(Br)C(C)(C)S(C)(=O)=O)s1. The molecule has 1 unspecified atom stereocenters. The minimum absolute atomic E-state index is 0.153. The van der Waals surface area contributed by atoms with Gasteiger partial charge in [0.2, 0.25) is 0 Å². The number of hydrogen-bond acceptors (Lipinski definition) is 3. The molecule has 0 aliphatic carbocycles. The molecule has 0 radical (unpaired) electrons. The van der Waals surface area contributed by atoms with Crippen LogP contribution in [-0.4, -0.2) is 19.4 Å². The first kappa shape index (κ1) is 14.2. The first-order valence-corrected chi connectivity index (χ1v) is 8.74. The van der Waals surface area contributed by atoms with E-state index in [1.54, 1.807) is 25.2 Å². The summed E-state index contributed by atoms with van der Waals surface area (Å²) in [5.74, 6) is 0. The molecule has 0 amide bonds. The molecule has 2 nitrogen and oxygen atoms in total. The number of rotatable bonds is 4. The number of thiophene rings is 1. The summed E-state index contributed by atoms with van der Waals surface area (Å²) in [6.45, 7) is 5.61. The molecule has 1 rings (SSSR count). The van der Waals surface area contributed by atoms with Crippen LogP contribution in [0.4, 0.5) is 0 Å². The summed E-state index contributed by atoms with van der Waals surface area (Å²) in [6.07, 6.45) is 2.28. The predicted molar refractivity (Wildman–Crippen MR) is 74.3 cm³/mol. The predicted octanol–water partition coefficient (Wildman–Crippen LogP) is 3.57. The summed E-state index contributed by atoms with van der Waals surface area (Å²) < 4.78 is 22.6. The van der Waals surface area contributed by atoms with Crippen molar-refractivity contribution in [3.63, 3.8) is 0 Å². The highest BCUT2D eigenvalue weighted by Crippen LogP contribution is 2.41. The molecule has 1 atom stereocenters. The first-order valence-electron chi connectivity index (χ1n) is 5.12. The lowest BCUT2D eigenvalue weighted by Gasteiger charge is -2.27. The van der Waals surface area contributed by atoms with Crippen molar-refractivity contribution in [3.8, 4) is 0 Å². The molecule has 92 valence electrons. The fraction of sp³-hybridized carbons (Fsp3) is 0.636. The molecule has 0 fully saturated rings. The van der Waals surface area contributed by atoms with Gasteiger partial charge >= 0.3 is 0 Å². The molecular formula is C11H17BrO2S2. The summed E-state index contributed by atoms with van der Waals surface area (Å²) in [4.78, 5) is 2.20. The zero-order chi connectivity index (χ0) is 12.6. The molecule has 0 spiro atoms. The maximum Gasteiger partial charge on any atom is 0.154 e. The normalized spacial score (nSPS) is 15.1. The topological polar surface area (TPSA) is 34.1 Å². The van der Waals surface area contributed by atoms with Gasteiger partial charge in [-0.1, -0.05) is 22.9 Å². The smallest absolute Gasteiger partial charge is 0.154 e. The van der Waals surface area contributed by atoms with Crippen LogP contribution < -0.4 is 0 Å². The number of hydrogen-bond donors (Lipinski definition) is 0. The molecule has 1 aromatic heterocycles. The molecule has 0 aromatic carbocycles. The summed E-state index contributed by atoms with van der Waals surface area (Å²) in [5, 5.41) is 0. The van der Waals surface area contributed by atoms with Gasteiger partial charge in [0, 0.05) is 16.0 Å². The van der Waals surface area contributed by atoms with Gasteiger partial charge in [0.25, 0.3) is 0 Å². The standard InChI is InChI=1S/C11H17BrO2S2/c1-5-8-6-7-9(15-8)10(12)11(2,3)16(4,13)14/h6-7,10H,5H2,1-4H3. The number of halogens is 1. The van der Waals surface area contributed by atoms with E-state index in [9.17, 15) is 8.42 Å². The molecule has 0 bridgehead atoms. The molecule has 1 aromatic rings. The van der Waals surface area contributed by atoms with Crippen molar-refractivity contribution in [1.82, 2.24) is 0 Å². The van der Waals surface area contributed by atoms with E-state index in [2.05, 4.69) is 28.9 Å². The van der Waals surface area contributed by atoms with Crippen LogP contribution in [0.25, 0.3) is 0 Å². The summed E-state index contributed by atoms with van der Waals surface area (Å²) in [6, 6.07) is 4.07. The van der Waals surface area contributed by atoms with Crippen LogP contribution in [0.3, 0.4) is 0 Å². The van der Waals surface area contributed by atoms with Crippen LogP contribution in [0.5, 0.6) is 0 Å². The highest BCUT2D eigenvalue weighted by Gasteiger charge is 2.39. The Labute approximate surface area is 110 Å². The van der Waals surface area contributed by atoms with E-state index in [0.717, 1.165) is 11.3 Å². The van der Waals surface area contributed by atoms with Crippen molar-refractivity contribution in [3.05, 3.63) is 21.9 Å². The van der Waals surface area contributed by atoms with E-state index in [-0.39, 0.29) is 4.83 Å². The van der Waals surface area contributed by atoms with Gasteiger partial charge in [0.1, 0.15) is 0 Å². The Balaban J connectivity index is 3.06. The fourth-order valence-corrected chi connectivity index (χ4v) is 4.40. The third-order valence-electron chi connectivity index (χ3n) is 2.85. The Hall–Kier alpha value is 0.130. The molecule has 0 aliphatic rings. The maximum atomic E-state index is 11.7. The van der Waals surface area contributed by atoms with E-state index in [0.29, 0.717) is 0 Å². The van der Waals surface area contributed by atoms with Gasteiger partial charge in [-0.15, -0.1) is 11.3 Å². The Morgan fingerprint density at radius 2 is 2.00 bits per heavy atom. The zero-order valence-electron chi connectivity index (χ0n) is 9.95. The zero-order valence-corrected chi connectivity index (χ0v) is 13.2. The van der Waals surface area contributed by atoms with Gasteiger partial charge in [-0.25, -0.2) is 8.42 Å². The maximum absolute atomic E-state index is 11.7. The molecule has 16 heavy (non-hydrogen) atoms. The molecule has 0 saturated carbocycles. The average molecular weight is 325 g/mol. The van der Waals surface area contributed by atoms with Crippen LogP contribution in [0.1, 0.15) is 35.4 Å². The average Bonchev–Trinajstić information content (AvgIpc) is 2.62. The Morgan fingerprint density at radius 3 is 2.38 bits per heavy atom. The summed E-state index contributed by atoms with van der Waals surface area (Å²) >= 11 is 5.19. The molecular weight excluding hydrogens is 308 g/mol. The summed E-state index contributed by atoms with van der Waals surface area (Å²) in [7, 11) is -3.09. The molecule has 0 N–H and O–H groups in total. The van der Waals surface area contributed by atoms with Crippen LogP contribution in [0.2, 0.25) is 0 Å². The molecule has 1 heterocycles. The Bertz CT molecular complexity index is 460. The van der Waals surface area contributed by atoms with Gasteiger partial charge in [-0.2, -0.15) is 0 Å². The lowest BCUT2D eigenvalue weighted by atomic mass is 10.1. The van der Waals surface area contributed by atoms with Crippen LogP contribution in [0.15, 0.2) is 12.1 Å². The van der Waals surface area contributed by atoms with Crippen molar-refractivity contribution >= 4 is 37.1 Å². The fourth-order valence-electron chi connectivity index (χ4n) is 1.25. The second-order valence-corrected chi connectivity index (χ2v) is 9.11. The first-order chi connectivity index (χ1) is 7.20.